The molecule has 0 radical (unpaired) electrons. The number of methoxy groups -OCH3 is 1. The van der Waals surface area contributed by atoms with E-state index in [4.69, 9.17) is 10.5 Å². The van der Waals surface area contributed by atoms with E-state index in [0.29, 0.717) is 6.54 Å². The Bertz CT molecular complexity index is 246. The van der Waals surface area contributed by atoms with E-state index in [0.717, 1.165) is 5.75 Å². The monoisotopic (exact) mass is 181 g/mol. The summed E-state index contributed by atoms with van der Waals surface area (Å²) >= 11 is 0. The van der Waals surface area contributed by atoms with Crippen LogP contribution in [0.15, 0.2) is 18.2 Å². The van der Waals surface area contributed by atoms with Crippen LogP contribution in [0.1, 0.15) is 25.0 Å². The summed E-state index contributed by atoms with van der Waals surface area (Å²) in [5, 5.41) is 0. The van der Waals surface area contributed by atoms with Gasteiger partial charge in [0.15, 0.2) is 0 Å². The van der Waals surface area contributed by atoms with Crippen LogP contribution in [-0.2, 0) is 6.54 Å². The zero-order valence-electron chi connectivity index (χ0n) is 8.92. The number of rotatable bonds is 2. The second-order valence-electron chi connectivity index (χ2n) is 2.50. The molecule has 0 fully saturated rings. The Morgan fingerprint density at radius 2 is 1.92 bits per heavy atom. The van der Waals surface area contributed by atoms with Crippen molar-refractivity contribution in [2.75, 3.05) is 7.11 Å². The molecule has 0 aliphatic heterocycles. The second-order valence-corrected chi connectivity index (χ2v) is 2.50. The molecule has 13 heavy (non-hydrogen) atoms. The standard InChI is InChI=1S/C9H13NO.C2H6/c1-7-5-9(11-2)4-3-8(7)6-10;1-2/h3-5H,6,10H2,1-2H3;1-2H3. The summed E-state index contributed by atoms with van der Waals surface area (Å²) in [6, 6.07) is 5.91. The Kier molecular flexibility index (Phi) is 5.98. The van der Waals surface area contributed by atoms with Crippen molar-refractivity contribution in [3.8, 4) is 5.75 Å². The summed E-state index contributed by atoms with van der Waals surface area (Å²) in [6.45, 7) is 6.63. The van der Waals surface area contributed by atoms with Crippen LogP contribution in [0.4, 0.5) is 0 Å². The quantitative estimate of drug-likeness (QED) is 0.760. The Balaban J connectivity index is 0.000000671. The van der Waals surface area contributed by atoms with E-state index in [1.807, 2.05) is 39.0 Å². The van der Waals surface area contributed by atoms with E-state index in [1.54, 1.807) is 7.11 Å². The van der Waals surface area contributed by atoms with Crippen LogP contribution in [0.2, 0.25) is 0 Å². The van der Waals surface area contributed by atoms with E-state index in [2.05, 4.69) is 0 Å². The average Bonchev–Trinajstić information content (AvgIpc) is 2.20. The molecule has 1 rings (SSSR count). The van der Waals surface area contributed by atoms with Gasteiger partial charge in [0, 0.05) is 6.54 Å². The third-order valence-corrected chi connectivity index (χ3v) is 1.77. The number of ether oxygens (including phenoxy) is 1. The lowest BCUT2D eigenvalue weighted by Gasteiger charge is -2.04. The maximum atomic E-state index is 5.50. The number of nitrogens with two attached hydrogens (primary N) is 1. The van der Waals surface area contributed by atoms with E-state index >= 15 is 0 Å². The maximum absolute atomic E-state index is 5.50. The van der Waals surface area contributed by atoms with Gasteiger partial charge in [0.05, 0.1) is 7.11 Å². The van der Waals surface area contributed by atoms with Crippen LogP contribution in [0.25, 0.3) is 0 Å². The van der Waals surface area contributed by atoms with Crippen molar-refractivity contribution in [2.45, 2.75) is 27.3 Å². The second kappa shape index (κ2) is 6.49. The van der Waals surface area contributed by atoms with E-state index in [9.17, 15) is 0 Å². The van der Waals surface area contributed by atoms with Gasteiger partial charge in [0.25, 0.3) is 0 Å². The molecular weight excluding hydrogens is 162 g/mol. The van der Waals surface area contributed by atoms with Gasteiger partial charge in [-0.2, -0.15) is 0 Å². The molecule has 2 N–H and O–H groups in total. The summed E-state index contributed by atoms with van der Waals surface area (Å²) in [7, 11) is 1.66. The molecule has 0 aliphatic rings. The first-order chi connectivity index (χ1) is 6.27. The molecule has 1 aromatic rings. The fourth-order valence-electron chi connectivity index (χ4n) is 1.02. The van der Waals surface area contributed by atoms with Crippen molar-refractivity contribution in [1.82, 2.24) is 0 Å². The zero-order chi connectivity index (χ0) is 10.3. The molecule has 74 valence electrons. The molecule has 0 unspecified atom stereocenters. The smallest absolute Gasteiger partial charge is 0.119 e. The molecule has 0 heterocycles. The molecule has 2 heteroatoms. The van der Waals surface area contributed by atoms with Gasteiger partial charge in [-0.15, -0.1) is 0 Å². The normalized spacial score (nSPS) is 8.69. The number of aryl methyl sites for hydroxylation is 1. The van der Waals surface area contributed by atoms with Crippen LogP contribution >= 0.6 is 0 Å². The highest BCUT2D eigenvalue weighted by Gasteiger charge is 1.96. The van der Waals surface area contributed by atoms with Gasteiger partial charge in [-0.1, -0.05) is 19.9 Å². The van der Waals surface area contributed by atoms with Crippen LogP contribution < -0.4 is 10.5 Å². The molecule has 0 amide bonds. The molecule has 0 spiro atoms. The minimum Gasteiger partial charge on any atom is -0.497 e. The number of hydrogen-bond donors (Lipinski definition) is 1. The van der Waals surface area contributed by atoms with Gasteiger partial charge in [0.1, 0.15) is 5.75 Å². The predicted octanol–water partition coefficient (Wildman–Crippen LogP) is 2.49. The van der Waals surface area contributed by atoms with Crippen LogP contribution in [0.5, 0.6) is 5.75 Å². The summed E-state index contributed by atoms with van der Waals surface area (Å²) in [6.07, 6.45) is 0. The van der Waals surface area contributed by atoms with Crippen LogP contribution in [0.3, 0.4) is 0 Å². The molecule has 0 aromatic heterocycles. The minimum atomic E-state index is 0.593. The first-order valence-electron chi connectivity index (χ1n) is 4.61. The van der Waals surface area contributed by atoms with Gasteiger partial charge >= 0.3 is 0 Å². The van der Waals surface area contributed by atoms with Crippen molar-refractivity contribution in [3.63, 3.8) is 0 Å². The Morgan fingerprint density at radius 3 is 2.31 bits per heavy atom. The van der Waals surface area contributed by atoms with Crippen molar-refractivity contribution in [3.05, 3.63) is 29.3 Å². The topological polar surface area (TPSA) is 35.2 Å². The highest BCUT2D eigenvalue weighted by molar-refractivity contribution is 5.34. The molecular formula is C11H19NO. The van der Waals surface area contributed by atoms with Gasteiger partial charge in [0.2, 0.25) is 0 Å². The lowest BCUT2D eigenvalue weighted by Crippen LogP contribution is -1.98. The highest BCUT2D eigenvalue weighted by Crippen LogP contribution is 2.15. The molecule has 2 nitrogen and oxygen atoms in total. The van der Waals surface area contributed by atoms with Crippen molar-refractivity contribution in [1.29, 1.82) is 0 Å². The van der Waals surface area contributed by atoms with Gasteiger partial charge in [-0.25, -0.2) is 0 Å². The van der Waals surface area contributed by atoms with Gasteiger partial charge in [-0.05, 0) is 30.2 Å². The van der Waals surface area contributed by atoms with E-state index < -0.39 is 0 Å². The summed E-state index contributed by atoms with van der Waals surface area (Å²) in [4.78, 5) is 0. The average molecular weight is 181 g/mol. The number of hydrogen-bond acceptors (Lipinski definition) is 2. The Labute approximate surface area is 80.7 Å². The fourth-order valence-corrected chi connectivity index (χ4v) is 1.02. The SMILES string of the molecule is CC.COc1ccc(CN)c(C)c1. The Hall–Kier alpha value is -1.02. The van der Waals surface area contributed by atoms with Crippen LogP contribution in [0, 0.1) is 6.92 Å². The van der Waals surface area contributed by atoms with Crippen LogP contribution in [-0.4, -0.2) is 7.11 Å². The lowest BCUT2D eigenvalue weighted by molar-refractivity contribution is 0.414. The molecule has 0 aliphatic carbocycles. The van der Waals surface area contributed by atoms with Gasteiger partial charge in [-0.3, -0.25) is 0 Å². The molecule has 0 saturated heterocycles. The molecule has 0 atom stereocenters. The molecule has 1 aromatic carbocycles. The first kappa shape index (κ1) is 12.0. The van der Waals surface area contributed by atoms with Crippen molar-refractivity contribution < 1.29 is 4.74 Å². The summed E-state index contributed by atoms with van der Waals surface area (Å²) in [5.74, 6) is 0.889. The molecule has 0 saturated carbocycles. The number of benzene rings is 1. The van der Waals surface area contributed by atoms with E-state index in [1.165, 1.54) is 11.1 Å². The predicted molar refractivity (Wildman–Crippen MR) is 57.0 cm³/mol. The van der Waals surface area contributed by atoms with E-state index in [-0.39, 0.29) is 0 Å². The third kappa shape index (κ3) is 3.47. The van der Waals surface area contributed by atoms with Gasteiger partial charge < -0.3 is 10.5 Å². The first-order valence-corrected chi connectivity index (χ1v) is 4.61. The molecule has 0 bridgehead atoms. The van der Waals surface area contributed by atoms with Crippen molar-refractivity contribution in [2.24, 2.45) is 5.73 Å². The fraction of sp³-hybridized carbons (Fsp3) is 0.455. The summed E-state index contributed by atoms with van der Waals surface area (Å²) in [5.41, 5.74) is 7.86. The Morgan fingerprint density at radius 1 is 1.31 bits per heavy atom. The lowest BCUT2D eigenvalue weighted by atomic mass is 10.1. The maximum Gasteiger partial charge on any atom is 0.119 e. The largest absolute Gasteiger partial charge is 0.497 e. The zero-order valence-corrected chi connectivity index (χ0v) is 8.92. The third-order valence-electron chi connectivity index (χ3n) is 1.77. The highest BCUT2D eigenvalue weighted by atomic mass is 16.5. The summed E-state index contributed by atoms with van der Waals surface area (Å²) < 4.78 is 5.05. The van der Waals surface area contributed by atoms with Crippen molar-refractivity contribution >= 4 is 0 Å². The minimum absolute atomic E-state index is 0.593.